The first-order chi connectivity index (χ1) is 14.5. The molecular formula is C22H18FN3O2S2. The standard InChI is InChI=1S/C22H18FN3O2S2/c1-14-4-2-3-5-17(14)24-19(27)13-30-22-25-18-10-11-29-20(18)21(28)26(22)12-15-6-8-16(23)9-7-15/h2-11H,12-13H2,1H3,(H,24,27). The van der Waals surface area contributed by atoms with Crippen LogP contribution in [0.1, 0.15) is 11.1 Å². The first-order valence-electron chi connectivity index (χ1n) is 9.22. The summed E-state index contributed by atoms with van der Waals surface area (Å²) >= 11 is 2.54. The number of nitrogens with zero attached hydrogens (tertiary/aromatic N) is 2. The van der Waals surface area contributed by atoms with E-state index in [1.807, 2.05) is 36.6 Å². The van der Waals surface area contributed by atoms with Crippen molar-refractivity contribution in [2.45, 2.75) is 18.6 Å². The highest BCUT2D eigenvalue weighted by atomic mass is 32.2. The molecule has 0 aliphatic heterocycles. The Bertz CT molecular complexity index is 1270. The molecule has 0 radical (unpaired) electrons. The first kappa shape index (κ1) is 20.3. The van der Waals surface area contributed by atoms with Crippen molar-refractivity contribution >= 4 is 44.9 Å². The van der Waals surface area contributed by atoms with Crippen LogP contribution in [0.2, 0.25) is 0 Å². The van der Waals surface area contributed by atoms with Gasteiger partial charge in [0.05, 0.1) is 17.8 Å². The second-order valence-electron chi connectivity index (χ2n) is 6.70. The average molecular weight is 440 g/mol. The van der Waals surface area contributed by atoms with Crippen molar-refractivity contribution in [1.29, 1.82) is 0 Å². The molecular weight excluding hydrogens is 421 g/mol. The zero-order valence-corrected chi connectivity index (χ0v) is 17.7. The van der Waals surface area contributed by atoms with E-state index in [2.05, 4.69) is 10.3 Å². The number of aromatic nitrogens is 2. The maximum atomic E-state index is 13.2. The van der Waals surface area contributed by atoms with Gasteiger partial charge in [-0.3, -0.25) is 14.2 Å². The van der Waals surface area contributed by atoms with Gasteiger partial charge in [-0.2, -0.15) is 0 Å². The van der Waals surface area contributed by atoms with Crippen molar-refractivity contribution in [3.63, 3.8) is 0 Å². The number of carbonyl (C=O) groups excluding carboxylic acids is 1. The van der Waals surface area contributed by atoms with Crippen LogP contribution in [0.15, 0.2) is 69.9 Å². The van der Waals surface area contributed by atoms with Gasteiger partial charge in [0, 0.05) is 5.69 Å². The number of thioether (sulfide) groups is 1. The van der Waals surface area contributed by atoms with Gasteiger partial charge in [0.25, 0.3) is 5.56 Å². The van der Waals surface area contributed by atoms with Gasteiger partial charge in [-0.25, -0.2) is 9.37 Å². The Morgan fingerprint density at radius 3 is 2.70 bits per heavy atom. The molecule has 4 aromatic rings. The van der Waals surface area contributed by atoms with Crippen LogP contribution in [-0.4, -0.2) is 21.2 Å². The molecule has 0 aliphatic carbocycles. The molecule has 2 aromatic heterocycles. The molecule has 8 heteroatoms. The SMILES string of the molecule is Cc1ccccc1NC(=O)CSc1nc2ccsc2c(=O)n1Cc1ccc(F)cc1. The highest BCUT2D eigenvalue weighted by molar-refractivity contribution is 7.99. The topological polar surface area (TPSA) is 64.0 Å². The molecule has 1 N–H and O–H groups in total. The van der Waals surface area contributed by atoms with Crippen LogP contribution < -0.4 is 10.9 Å². The third-order valence-corrected chi connectivity index (χ3v) is 6.40. The Kier molecular flexibility index (Phi) is 5.96. The largest absolute Gasteiger partial charge is 0.325 e. The molecule has 0 spiro atoms. The molecule has 0 unspecified atom stereocenters. The lowest BCUT2D eigenvalue weighted by molar-refractivity contribution is -0.113. The molecule has 30 heavy (non-hydrogen) atoms. The molecule has 152 valence electrons. The van der Waals surface area contributed by atoms with E-state index in [0.717, 1.165) is 16.8 Å². The molecule has 0 fully saturated rings. The number of amides is 1. The van der Waals surface area contributed by atoms with E-state index in [1.54, 1.807) is 18.2 Å². The number of nitrogens with one attached hydrogen (secondary N) is 1. The quantitative estimate of drug-likeness (QED) is 0.350. The summed E-state index contributed by atoms with van der Waals surface area (Å²) in [7, 11) is 0. The van der Waals surface area contributed by atoms with Crippen molar-refractivity contribution in [2.24, 2.45) is 0 Å². The number of halogens is 1. The lowest BCUT2D eigenvalue weighted by Gasteiger charge is -2.13. The summed E-state index contributed by atoms with van der Waals surface area (Å²) in [5, 5.41) is 5.16. The normalized spacial score (nSPS) is 11.0. The van der Waals surface area contributed by atoms with Crippen molar-refractivity contribution < 1.29 is 9.18 Å². The van der Waals surface area contributed by atoms with Gasteiger partial charge in [-0.1, -0.05) is 42.1 Å². The van der Waals surface area contributed by atoms with Gasteiger partial charge >= 0.3 is 0 Å². The van der Waals surface area contributed by atoms with Gasteiger partial charge in [0.1, 0.15) is 10.5 Å². The van der Waals surface area contributed by atoms with Crippen molar-refractivity contribution in [1.82, 2.24) is 9.55 Å². The van der Waals surface area contributed by atoms with Gasteiger partial charge in [0.2, 0.25) is 5.91 Å². The van der Waals surface area contributed by atoms with Crippen LogP contribution in [0.25, 0.3) is 10.2 Å². The van der Waals surface area contributed by atoms with Gasteiger partial charge in [-0.15, -0.1) is 11.3 Å². The number of thiophene rings is 1. The number of hydrogen-bond donors (Lipinski definition) is 1. The van der Waals surface area contributed by atoms with Crippen LogP contribution in [0.3, 0.4) is 0 Å². The summed E-state index contributed by atoms with van der Waals surface area (Å²) in [4.78, 5) is 30.1. The lowest BCUT2D eigenvalue weighted by Crippen LogP contribution is -2.24. The fourth-order valence-electron chi connectivity index (χ4n) is 2.97. The highest BCUT2D eigenvalue weighted by Gasteiger charge is 2.15. The lowest BCUT2D eigenvalue weighted by atomic mass is 10.2. The van der Waals surface area contributed by atoms with E-state index in [0.29, 0.717) is 15.4 Å². The molecule has 0 atom stereocenters. The van der Waals surface area contributed by atoms with E-state index in [-0.39, 0.29) is 29.6 Å². The van der Waals surface area contributed by atoms with E-state index in [1.165, 1.54) is 39.8 Å². The number of rotatable bonds is 6. The average Bonchev–Trinajstić information content (AvgIpc) is 3.21. The molecule has 0 bridgehead atoms. The Morgan fingerprint density at radius 1 is 1.17 bits per heavy atom. The smallest absolute Gasteiger partial charge is 0.272 e. The molecule has 0 saturated carbocycles. The molecule has 4 rings (SSSR count). The minimum atomic E-state index is -0.333. The Labute approximate surface area is 180 Å². The summed E-state index contributed by atoms with van der Waals surface area (Å²) in [6.07, 6.45) is 0. The molecule has 0 saturated heterocycles. The monoisotopic (exact) mass is 439 g/mol. The first-order valence-corrected chi connectivity index (χ1v) is 11.1. The maximum absolute atomic E-state index is 13.2. The van der Waals surface area contributed by atoms with Crippen molar-refractivity contribution in [2.75, 3.05) is 11.1 Å². The number of hydrogen-bond acceptors (Lipinski definition) is 5. The number of aryl methyl sites for hydroxylation is 1. The third-order valence-electron chi connectivity index (χ3n) is 4.54. The molecule has 0 aliphatic rings. The van der Waals surface area contributed by atoms with Crippen LogP contribution >= 0.6 is 23.1 Å². The molecule has 2 aromatic carbocycles. The van der Waals surface area contributed by atoms with Gasteiger partial charge < -0.3 is 5.32 Å². The molecule has 1 amide bonds. The van der Waals surface area contributed by atoms with Crippen molar-refractivity contribution in [3.8, 4) is 0 Å². The Hall–Kier alpha value is -2.97. The minimum Gasteiger partial charge on any atom is -0.325 e. The summed E-state index contributed by atoms with van der Waals surface area (Å²) in [5.74, 6) is -0.400. The predicted molar refractivity (Wildman–Crippen MR) is 120 cm³/mol. The summed E-state index contributed by atoms with van der Waals surface area (Å²) in [5.41, 5.74) is 2.96. The predicted octanol–water partition coefficient (Wildman–Crippen LogP) is 4.68. The number of fused-ring (bicyclic) bond motifs is 1. The van der Waals surface area contributed by atoms with Crippen LogP contribution in [0.5, 0.6) is 0 Å². The number of benzene rings is 2. The summed E-state index contributed by atoms with van der Waals surface area (Å²) < 4.78 is 15.3. The van der Waals surface area contributed by atoms with Gasteiger partial charge in [-0.05, 0) is 47.7 Å². The van der Waals surface area contributed by atoms with E-state index < -0.39 is 0 Å². The number of para-hydroxylation sites is 1. The van der Waals surface area contributed by atoms with E-state index >= 15 is 0 Å². The summed E-state index contributed by atoms with van der Waals surface area (Å²) in [6, 6.07) is 15.3. The zero-order valence-electron chi connectivity index (χ0n) is 16.1. The summed E-state index contributed by atoms with van der Waals surface area (Å²) in [6.45, 7) is 2.18. The Morgan fingerprint density at radius 2 is 1.93 bits per heavy atom. The van der Waals surface area contributed by atoms with Crippen LogP contribution in [0, 0.1) is 12.7 Å². The zero-order chi connectivity index (χ0) is 21.1. The van der Waals surface area contributed by atoms with Gasteiger partial charge in [0.15, 0.2) is 5.16 Å². The maximum Gasteiger partial charge on any atom is 0.272 e. The Balaban J connectivity index is 1.59. The fourth-order valence-corrected chi connectivity index (χ4v) is 4.55. The third kappa shape index (κ3) is 4.44. The number of anilines is 1. The fraction of sp³-hybridized carbons (Fsp3) is 0.136. The molecule has 2 heterocycles. The van der Waals surface area contributed by atoms with E-state index in [9.17, 15) is 14.0 Å². The highest BCUT2D eigenvalue weighted by Crippen LogP contribution is 2.22. The number of carbonyl (C=O) groups is 1. The molecule has 5 nitrogen and oxygen atoms in total. The van der Waals surface area contributed by atoms with Crippen LogP contribution in [-0.2, 0) is 11.3 Å². The second-order valence-corrected chi connectivity index (χ2v) is 8.56. The second kappa shape index (κ2) is 8.81. The van der Waals surface area contributed by atoms with Crippen molar-refractivity contribution in [3.05, 3.63) is 87.3 Å². The van der Waals surface area contributed by atoms with Crippen LogP contribution in [0.4, 0.5) is 10.1 Å². The minimum absolute atomic E-state index is 0.111. The van der Waals surface area contributed by atoms with E-state index in [4.69, 9.17) is 0 Å².